The van der Waals surface area contributed by atoms with Crippen molar-refractivity contribution >= 4 is 40.0 Å². The van der Waals surface area contributed by atoms with Gasteiger partial charge >= 0.3 is 0 Å². The summed E-state index contributed by atoms with van der Waals surface area (Å²) in [5.74, 6) is -0.796. The molecule has 1 aromatic heterocycles. The number of Topliss-reactive ketones (excluding diaryl/α,β-unsaturated/α-hetero) is 1. The molecule has 0 bridgehead atoms. The molecule has 0 saturated carbocycles. The summed E-state index contributed by atoms with van der Waals surface area (Å²) in [5.41, 5.74) is 2.47. The summed E-state index contributed by atoms with van der Waals surface area (Å²) in [6, 6.07) is 12.3. The van der Waals surface area contributed by atoms with Crippen molar-refractivity contribution in [2.45, 2.75) is 18.2 Å². The molecule has 1 amide bonds. The first-order valence-corrected chi connectivity index (χ1v) is 11.9. The molecule has 3 aromatic rings. The number of carbonyl (C=O) groups is 2. The Hall–Kier alpha value is -3.30. The lowest BCUT2D eigenvalue weighted by molar-refractivity contribution is 0.0951. The summed E-state index contributed by atoms with van der Waals surface area (Å²) in [4.78, 5) is 30.1. The van der Waals surface area contributed by atoms with Crippen LogP contribution >= 0.6 is 11.6 Å². The number of fused-ring (bicyclic) bond motifs is 1. The lowest BCUT2D eigenvalue weighted by atomic mass is 9.98. The number of anilines is 1. The van der Waals surface area contributed by atoms with Gasteiger partial charge in [0.15, 0.2) is 5.78 Å². The van der Waals surface area contributed by atoms with E-state index in [1.54, 1.807) is 37.5 Å². The van der Waals surface area contributed by atoms with Crippen molar-refractivity contribution in [3.8, 4) is 5.88 Å². The normalized spacial score (nSPS) is 17.3. The Bertz CT molecular complexity index is 1290. The van der Waals surface area contributed by atoms with Gasteiger partial charge < -0.3 is 10.1 Å². The molecule has 1 aliphatic heterocycles. The van der Waals surface area contributed by atoms with E-state index in [9.17, 15) is 18.2 Å². The Kier molecular flexibility index (Phi) is 6.95. The van der Waals surface area contributed by atoms with Gasteiger partial charge in [-0.1, -0.05) is 23.7 Å². The Morgan fingerprint density at radius 2 is 1.97 bits per heavy atom. The zero-order valence-corrected chi connectivity index (χ0v) is 20.0. The Morgan fingerprint density at radius 1 is 1.21 bits per heavy atom. The van der Waals surface area contributed by atoms with E-state index in [2.05, 4.69) is 10.3 Å². The van der Waals surface area contributed by atoms with Crippen LogP contribution in [0.1, 0.15) is 31.8 Å². The first kappa shape index (κ1) is 23.8. The summed E-state index contributed by atoms with van der Waals surface area (Å²) in [5, 5.41) is 1.85. The van der Waals surface area contributed by atoms with Crippen molar-refractivity contribution in [1.29, 1.82) is 0 Å². The number of hydrogen-bond donors (Lipinski definition) is 1. The number of carbonyl (C=O) groups excluding carboxylic acids is 2. The van der Waals surface area contributed by atoms with Gasteiger partial charge in [0.2, 0.25) is 5.88 Å². The summed E-state index contributed by atoms with van der Waals surface area (Å²) in [6.45, 7) is 0.249. The van der Waals surface area contributed by atoms with E-state index >= 15 is 0 Å². The van der Waals surface area contributed by atoms with Crippen LogP contribution in [0, 0.1) is 5.82 Å². The maximum absolute atomic E-state index is 13.5. The molecule has 34 heavy (non-hydrogen) atoms. The molecular weight excluding hydrogens is 481 g/mol. The predicted octanol–water partition coefficient (Wildman–Crippen LogP) is 3.72. The third-order valence-electron chi connectivity index (χ3n) is 5.53. The zero-order valence-electron chi connectivity index (χ0n) is 18.4. The first-order valence-electron chi connectivity index (χ1n) is 10.3. The summed E-state index contributed by atoms with van der Waals surface area (Å²) in [7, 11) is 1.50. The highest BCUT2D eigenvalue weighted by atomic mass is 35.5. The molecule has 1 aliphatic rings. The highest BCUT2D eigenvalue weighted by Crippen LogP contribution is 2.32. The molecule has 0 radical (unpaired) electrons. The number of methoxy groups -OCH3 is 1. The molecule has 0 aliphatic carbocycles. The lowest BCUT2D eigenvalue weighted by Gasteiger charge is -2.31. The van der Waals surface area contributed by atoms with Gasteiger partial charge in [0, 0.05) is 37.0 Å². The van der Waals surface area contributed by atoms with E-state index < -0.39 is 22.1 Å². The Labute approximate surface area is 203 Å². The molecule has 2 aromatic carbocycles. The SMILES string of the molecule is COc1ccc(CNC(=O)c2ccc3c(c2)C(=O)C(Cc2ccc(F)c(Cl)c2)S(=O)N3C)cn1. The molecule has 0 spiro atoms. The van der Waals surface area contributed by atoms with E-state index in [1.165, 1.54) is 35.7 Å². The molecule has 7 nitrogen and oxygen atoms in total. The van der Waals surface area contributed by atoms with E-state index in [4.69, 9.17) is 16.3 Å². The van der Waals surface area contributed by atoms with Gasteiger partial charge in [0.1, 0.15) is 22.1 Å². The van der Waals surface area contributed by atoms with Crippen LogP contribution in [-0.4, -0.2) is 40.3 Å². The topological polar surface area (TPSA) is 88.6 Å². The van der Waals surface area contributed by atoms with Crippen molar-refractivity contribution in [2.24, 2.45) is 0 Å². The number of pyridine rings is 1. The molecule has 2 heterocycles. The smallest absolute Gasteiger partial charge is 0.251 e. The van der Waals surface area contributed by atoms with Crippen molar-refractivity contribution < 1.29 is 22.9 Å². The quantitative estimate of drug-likeness (QED) is 0.556. The molecule has 0 fully saturated rings. The number of ether oxygens (including phenoxy) is 1. The highest BCUT2D eigenvalue weighted by Gasteiger charge is 2.37. The average Bonchev–Trinajstić information content (AvgIpc) is 2.85. The van der Waals surface area contributed by atoms with Crippen molar-refractivity contribution in [3.63, 3.8) is 0 Å². The summed E-state index contributed by atoms with van der Waals surface area (Å²) < 4.78 is 33.0. The predicted molar refractivity (Wildman–Crippen MR) is 128 cm³/mol. The summed E-state index contributed by atoms with van der Waals surface area (Å²) >= 11 is 5.86. The fraction of sp³-hybridized carbons (Fsp3) is 0.208. The second kappa shape index (κ2) is 9.90. The number of amides is 1. The molecule has 176 valence electrons. The lowest BCUT2D eigenvalue weighted by Crippen LogP contribution is -2.42. The maximum atomic E-state index is 13.5. The fourth-order valence-electron chi connectivity index (χ4n) is 3.67. The second-order valence-corrected chi connectivity index (χ2v) is 9.78. The van der Waals surface area contributed by atoms with Gasteiger partial charge in [-0.3, -0.25) is 13.9 Å². The van der Waals surface area contributed by atoms with Gasteiger partial charge in [0.05, 0.1) is 17.8 Å². The van der Waals surface area contributed by atoms with Crippen LogP contribution in [0.15, 0.2) is 54.7 Å². The minimum Gasteiger partial charge on any atom is -0.481 e. The molecule has 2 unspecified atom stereocenters. The van der Waals surface area contributed by atoms with Gasteiger partial charge in [-0.15, -0.1) is 0 Å². The molecule has 2 atom stereocenters. The molecule has 0 saturated heterocycles. The third kappa shape index (κ3) is 4.80. The molecule has 10 heteroatoms. The van der Waals surface area contributed by atoms with Crippen LogP contribution in [0.25, 0.3) is 0 Å². The average molecular weight is 502 g/mol. The van der Waals surface area contributed by atoms with E-state index in [-0.39, 0.29) is 29.7 Å². The molecule has 4 rings (SSSR count). The minimum absolute atomic E-state index is 0.0636. The Morgan fingerprint density at radius 3 is 2.65 bits per heavy atom. The number of benzene rings is 2. The van der Waals surface area contributed by atoms with Crippen molar-refractivity contribution in [2.75, 3.05) is 18.5 Å². The number of ketones is 1. The number of aromatic nitrogens is 1. The van der Waals surface area contributed by atoms with Crippen molar-refractivity contribution in [1.82, 2.24) is 10.3 Å². The van der Waals surface area contributed by atoms with E-state index in [0.717, 1.165) is 5.56 Å². The maximum Gasteiger partial charge on any atom is 0.251 e. The first-order chi connectivity index (χ1) is 16.3. The monoisotopic (exact) mass is 501 g/mol. The van der Waals surface area contributed by atoms with Crippen LogP contribution in [-0.2, 0) is 24.0 Å². The van der Waals surface area contributed by atoms with E-state index in [1.807, 2.05) is 0 Å². The van der Waals surface area contributed by atoms with Crippen LogP contribution in [0.5, 0.6) is 5.88 Å². The molecular formula is C24H21ClFN3O4S. The zero-order chi connectivity index (χ0) is 24.4. The molecule has 1 N–H and O–H groups in total. The summed E-state index contributed by atoms with van der Waals surface area (Å²) in [6.07, 6.45) is 1.72. The van der Waals surface area contributed by atoms with Crippen LogP contribution in [0.2, 0.25) is 5.02 Å². The largest absolute Gasteiger partial charge is 0.481 e. The van der Waals surface area contributed by atoms with Gasteiger partial charge in [-0.05, 0) is 47.9 Å². The van der Waals surface area contributed by atoms with Crippen LogP contribution < -0.4 is 14.4 Å². The Balaban J connectivity index is 1.53. The number of hydrogen-bond acceptors (Lipinski definition) is 5. The van der Waals surface area contributed by atoms with Crippen molar-refractivity contribution in [3.05, 3.63) is 87.8 Å². The number of nitrogens with one attached hydrogen (secondary N) is 1. The van der Waals surface area contributed by atoms with Crippen LogP contribution in [0.3, 0.4) is 0 Å². The number of rotatable bonds is 6. The minimum atomic E-state index is -1.65. The van der Waals surface area contributed by atoms with Gasteiger partial charge in [-0.2, -0.15) is 0 Å². The van der Waals surface area contributed by atoms with E-state index in [0.29, 0.717) is 28.3 Å². The van der Waals surface area contributed by atoms with Crippen LogP contribution in [0.4, 0.5) is 10.1 Å². The highest BCUT2D eigenvalue weighted by molar-refractivity contribution is 7.88. The third-order valence-corrected chi connectivity index (χ3v) is 7.43. The van der Waals surface area contributed by atoms with Gasteiger partial charge in [0.25, 0.3) is 5.91 Å². The van der Waals surface area contributed by atoms with Gasteiger partial charge in [-0.25, -0.2) is 13.6 Å². The fourth-order valence-corrected chi connectivity index (χ4v) is 5.25. The number of halogens is 2. The number of nitrogens with zero attached hydrogens (tertiary/aromatic N) is 2. The standard InChI is InChI=1S/C24H21ClFN3O4S/c1-29-20-7-5-16(24(31)28-13-15-4-8-22(33-2)27-12-15)11-17(20)23(30)21(34(29)32)10-14-3-6-19(26)18(25)9-14/h3-9,11-12,21H,10,13H2,1-2H3,(H,28,31). The second-order valence-electron chi connectivity index (χ2n) is 7.70.